The van der Waals surface area contributed by atoms with Crippen LogP contribution in [0.5, 0.6) is 0 Å². The molecule has 1 atom stereocenters. The minimum atomic E-state index is 0.403. The fourth-order valence-electron chi connectivity index (χ4n) is 2.07. The molecule has 0 spiro atoms. The number of likely N-dealkylation sites (N-methyl/N-ethyl adjacent to an activating group) is 2. The third-order valence-corrected chi connectivity index (χ3v) is 3.59. The highest BCUT2D eigenvalue weighted by atomic mass is 79.9. The Hall–Kier alpha value is 0.360. The maximum absolute atomic E-state index is 5.76. The Morgan fingerprint density at radius 1 is 1.38 bits per heavy atom. The third-order valence-electron chi connectivity index (χ3n) is 3.03. The summed E-state index contributed by atoms with van der Waals surface area (Å²) in [5.74, 6) is 0. The van der Waals surface area contributed by atoms with Crippen molar-refractivity contribution in [2.45, 2.75) is 25.4 Å². The molecule has 1 unspecified atom stereocenters. The first-order valence-electron chi connectivity index (χ1n) is 6.27. The molecule has 0 aromatic rings. The van der Waals surface area contributed by atoms with Crippen LogP contribution in [0.1, 0.15) is 19.3 Å². The lowest BCUT2D eigenvalue weighted by atomic mass is 10.2. The number of ether oxygens (including phenoxy) is 1. The lowest BCUT2D eigenvalue weighted by Gasteiger charge is -2.32. The van der Waals surface area contributed by atoms with E-state index < -0.39 is 0 Å². The Morgan fingerprint density at radius 2 is 2.19 bits per heavy atom. The maximum atomic E-state index is 5.76. The van der Waals surface area contributed by atoms with E-state index in [1.807, 2.05) is 0 Å². The molecule has 3 nitrogen and oxygen atoms in total. The van der Waals surface area contributed by atoms with E-state index in [-0.39, 0.29) is 0 Å². The van der Waals surface area contributed by atoms with Crippen molar-refractivity contribution in [3.05, 3.63) is 0 Å². The number of hydrogen-bond donors (Lipinski definition) is 0. The van der Waals surface area contributed by atoms with Gasteiger partial charge in [-0.05, 0) is 33.5 Å². The Morgan fingerprint density at radius 3 is 2.88 bits per heavy atom. The van der Waals surface area contributed by atoms with Gasteiger partial charge >= 0.3 is 0 Å². The van der Waals surface area contributed by atoms with Gasteiger partial charge < -0.3 is 14.5 Å². The molecule has 0 aromatic carbocycles. The predicted octanol–water partition coefficient (Wildman–Crippen LogP) is 1.81. The summed E-state index contributed by atoms with van der Waals surface area (Å²) in [6.45, 7) is 5.30. The summed E-state index contributed by atoms with van der Waals surface area (Å²) in [7, 11) is 4.37. The molecular weight excluding hydrogens is 268 g/mol. The van der Waals surface area contributed by atoms with Crippen LogP contribution in [0, 0.1) is 0 Å². The monoisotopic (exact) mass is 292 g/mol. The van der Waals surface area contributed by atoms with Gasteiger partial charge in [0.15, 0.2) is 0 Å². The Bertz CT molecular complexity index is 180. The summed E-state index contributed by atoms with van der Waals surface area (Å²) < 4.78 is 5.76. The molecule has 0 aromatic heterocycles. The van der Waals surface area contributed by atoms with Crippen LogP contribution >= 0.6 is 15.9 Å². The highest BCUT2D eigenvalue weighted by Crippen LogP contribution is 2.06. The fraction of sp³-hybridized carbons (Fsp3) is 1.00. The zero-order chi connectivity index (χ0) is 11.8. The largest absolute Gasteiger partial charge is 0.374 e. The number of rotatable bonds is 7. The molecule has 1 saturated heterocycles. The topological polar surface area (TPSA) is 15.7 Å². The van der Waals surface area contributed by atoms with E-state index in [0.29, 0.717) is 6.10 Å². The van der Waals surface area contributed by atoms with Gasteiger partial charge in [0.25, 0.3) is 0 Å². The summed E-state index contributed by atoms with van der Waals surface area (Å²) in [6.07, 6.45) is 4.31. The number of nitrogens with zero attached hydrogens (tertiary/aromatic N) is 2. The zero-order valence-electron chi connectivity index (χ0n) is 10.6. The van der Waals surface area contributed by atoms with Gasteiger partial charge in [0, 0.05) is 25.0 Å². The van der Waals surface area contributed by atoms with Crippen molar-refractivity contribution >= 4 is 15.9 Å². The number of hydrogen-bond acceptors (Lipinski definition) is 3. The van der Waals surface area contributed by atoms with E-state index in [0.717, 1.165) is 31.6 Å². The van der Waals surface area contributed by atoms with Gasteiger partial charge in [-0.3, -0.25) is 0 Å². The van der Waals surface area contributed by atoms with Gasteiger partial charge in [0.05, 0.1) is 12.7 Å². The molecule has 0 radical (unpaired) electrons. The number of morpholine rings is 1. The van der Waals surface area contributed by atoms with Crippen molar-refractivity contribution in [3.8, 4) is 0 Å². The summed E-state index contributed by atoms with van der Waals surface area (Å²) in [5, 5.41) is 1.13. The summed E-state index contributed by atoms with van der Waals surface area (Å²) in [6, 6.07) is 0. The van der Waals surface area contributed by atoms with Crippen LogP contribution in [-0.2, 0) is 4.74 Å². The minimum Gasteiger partial charge on any atom is -0.374 e. The van der Waals surface area contributed by atoms with Gasteiger partial charge in [-0.1, -0.05) is 22.4 Å². The fourth-order valence-corrected chi connectivity index (χ4v) is 2.47. The minimum absolute atomic E-state index is 0.403. The zero-order valence-corrected chi connectivity index (χ0v) is 12.2. The second-order valence-corrected chi connectivity index (χ2v) is 5.56. The van der Waals surface area contributed by atoms with E-state index in [1.165, 1.54) is 25.8 Å². The van der Waals surface area contributed by atoms with E-state index >= 15 is 0 Å². The molecule has 1 heterocycles. The van der Waals surface area contributed by atoms with Crippen molar-refractivity contribution in [1.29, 1.82) is 0 Å². The molecule has 96 valence electrons. The maximum Gasteiger partial charge on any atom is 0.0829 e. The van der Waals surface area contributed by atoms with Gasteiger partial charge in [-0.25, -0.2) is 0 Å². The highest BCUT2D eigenvalue weighted by molar-refractivity contribution is 9.09. The Balaban J connectivity index is 2.06. The molecule has 1 aliphatic rings. The Kier molecular flexibility index (Phi) is 7.62. The van der Waals surface area contributed by atoms with Crippen LogP contribution in [-0.4, -0.2) is 68.1 Å². The lowest BCUT2D eigenvalue weighted by Crippen LogP contribution is -2.45. The van der Waals surface area contributed by atoms with Gasteiger partial charge in [-0.15, -0.1) is 0 Å². The summed E-state index contributed by atoms with van der Waals surface area (Å²) in [5.41, 5.74) is 0. The van der Waals surface area contributed by atoms with Gasteiger partial charge in [-0.2, -0.15) is 0 Å². The molecule has 0 saturated carbocycles. The second kappa shape index (κ2) is 8.45. The van der Waals surface area contributed by atoms with Crippen LogP contribution in [0.2, 0.25) is 0 Å². The average Bonchev–Trinajstić information content (AvgIpc) is 2.24. The number of alkyl halides is 1. The first-order chi connectivity index (χ1) is 7.72. The second-order valence-electron chi connectivity index (χ2n) is 4.77. The molecule has 4 heteroatoms. The first kappa shape index (κ1) is 14.4. The van der Waals surface area contributed by atoms with Crippen molar-refractivity contribution in [2.24, 2.45) is 0 Å². The summed E-state index contributed by atoms with van der Waals surface area (Å²) >= 11 is 3.46. The summed E-state index contributed by atoms with van der Waals surface area (Å²) in [4.78, 5) is 4.75. The molecular formula is C12H25BrN2O. The molecule has 1 fully saturated rings. The SMILES string of the molecule is CN(CCCCCBr)CC1CN(C)CCO1. The Labute approximate surface area is 108 Å². The van der Waals surface area contributed by atoms with Crippen molar-refractivity contribution in [2.75, 3.05) is 52.2 Å². The van der Waals surface area contributed by atoms with Gasteiger partial charge in [0.1, 0.15) is 0 Å². The van der Waals surface area contributed by atoms with Crippen molar-refractivity contribution in [1.82, 2.24) is 9.80 Å². The third kappa shape index (κ3) is 6.18. The van der Waals surface area contributed by atoms with E-state index in [2.05, 4.69) is 39.8 Å². The molecule has 0 aliphatic carbocycles. The number of unbranched alkanes of at least 4 members (excludes halogenated alkanes) is 2. The first-order valence-corrected chi connectivity index (χ1v) is 7.39. The van der Waals surface area contributed by atoms with Crippen molar-refractivity contribution in [3.63, 3.8) is 0 Å². The molecule has 0 amide bonds. The lowest BCUT2D eigenvalue weighted by molar-refractivity contribution is -0.0325. The smallest absolute Gasteiger partial charge is 0.0829 e. The standard InChI is InChI=1S/C12H25BrN2O/c1-14(7-5-3-4-6-13)10-12-11-15(2)8-9-16-12/h12H,3-11H2,1-2H3. The highest BCUT2D eigenvalue weighted by Gasteiger charge is 2.18. The molecule has 1 aliphatic heterocycles. The average molecular weight is 293 g/mol. The molecule has 1 rings (SSSR count). The van der Waals surface area contributed by atoms with Crippen LogP contribution in [0.15, 0.2) is 0 Å². The van der Waals surface area contributed by atoms with Crippen LogP contribution in [0.25, 0.3) is 0 Å². The van der Waals surface area contributed by atoms with Gasteiger partial charge in [0.2, 0.25) is 0 Å². The van der Waals surface area contributed by atoms with Crippen LogP contribution in [0.3, 0.4) is 0 Å². The normalized spacial score (nSPS) is 22.9. The molecule has 0 bridgehead atoms. The van der Waals surface area contributed by atoms with Crippen LogP contribution in [0.4, 0.5) is 0 Å². The molecule has 16 heavy (non-hydrogen) atoms. The van der Waals surface area contributed by atoms with E-state index in [1.54, 1.807) is 0 Å². The van der Waals surface area contributed by atoms with E-state index in [9.17, 15) is 0 Å². The molecule has 0 N–H and O–H groups in total. The van der Waals surface area contributed by atoms with E-state index in [4.69, 9.17) is 4.74 Å². The van der Waals surface area contributed by atoms with Crippen molar-refractivity contribution < 1.29 is 4.74 Å². The quantitative estimate of drug-likeness (QED) is 0.526. The number of halogens is 1. The predicted molar refractivity (Wildman–Crippen MR) is 72.4 cm³/mol. The van der Waals surface area contributed by atoms with Crippen LogP contribution < -0.4 is 0 Å².